The van der Waals surface area contributed by atoms with Gasteiger partial charge in [0.2, 0.25) is 0 Å². The molecule has 0 amide bonds. The van der Waals surface area contributed by atoms with Gasteiger partial charge in [0.25, 0.3) is 0 Å². The van der Waals surface area contributed by atoms with Crippen LogP contribution in [0.3, 0.4) is 0 Å². The first-order valence-corrected chi connectivity index (χ1v) is 5.41. The molecule has 0 N–H and O–H groups in total. The van der Waals surface area contributed by atoms with Crippen LogP contribution in [-0.4, -0.2) is 20.1 Å². The molecule has 0 aliphatic rings. The molecule has 16 heavy (non-hydrogen) atoms. The molecule has 0 saturated heterocycles. The quantitative estimate of drug-likeness (QED) is 0.339. The summed E-state index contributed by atoms with van der Waals surface area (Å²) in [5.74, 6) is 0. The summed E-state index contributed by atoms with van der Waals surface area (Å²) in [7, 11) is 0. The zero-order chi connectivity index (χ0) is 10.8. The van der Waals surface area contributed by atoms with Gasteiger partial charge in [0.05, 0.1) is 0 Å². The molecule has 0 aliphatic carbocycles. The number of aromatic nitrogens is 1. The Hall–Kier alpha value is -0.878. The summed E-state index contributed by atoms with van der Waals surface area (Å²) in [4.78, 5) is 0. The van der Waals surface area contributed by atoms with E-state index in [1.807, 2.05) is 6.08 Å². The van der Waals surface area contributed by atoms with E-state index in [-0.39, 0.29) is 13.5 Å². The number of thiol groups is 1. The van der Waals surface area contributed by atoms with Gasteiger partial charge in [-0.1, -0.05) is 0 Å². The number of rotatable bonds is 2. The molecule has 0 fully saturated rings. The normalized spacial score (nSPS) is 10.5. The number of allylic oxidation sites excluding steroid dienone is 2. The van der Waals surface area contributed by atoms with Crippen LogP contribution in [0.4, 0.5) is 0 Å². The predicted octanol–water partition coefficient (Wildman–Crippen LogP) is 2.81. The minimum absolute atomic E-state index is 0. The summed E-state index contributed by atoms with van der Waals surface area (Å²) < 4.78 is 2.13. The Morgan fingerprint density at radius 2 is 2.00 bits per heavy atom. The third kappa shape index (κ3) is 2.13. The molecule has 1 heterocycles. The van der Waals surface area contributed by atoms with Crippen LogP contribution in [0.15, 0.2) is 43.0 Å². The first kappa shape index (κ1) is 13.2. The van der Waals surface area contributed by atoms with Crippen LogP contribution in [0.2, 0.25) is 0 Å². The summed E-state index contributed by atoms with van der Waals surface area (Å²) in [6.45, 7) is 5.83. The van der Waals surface area contributed by atoms with Gasteiger partial charge in [0.15, 0.2) is 0 Å². The van der Waals surface area contributed by atoms with Crippen LogP contribution in [0, 0.1) is 6.92 Å². The number of aryl methyl sites for hydroxylation is 1. The van der Waals surface area contributed by atoms with Crippen molar-refractivity contribution < 1.29 is 0 Å². The number of para-hydroxylation sites is 1. The molecule has 0 saturated carbocycles. The van der Waals surface area contributed by atoms with Crippen molar-refractivity contribution in [3.8, 4) is 0 Å². The third-order valence-corrected chi connectivity index (χ3v) is 3.16. The summed E-state index contributed by atoms with van der Waals surface area (Å²) >= 11 is 2.75. The maximum Gasteiger partial charge on any atom is -0.813 e. The Morgan fingerprint density at radius 3 is 2.62 bits per heavy atom. The van der Waals surface area contributed by atoms with Crippen molar-refractivity contribution in [1.82, 2.24) is 3.55 Å². The molecule has 0 spiro atoms. The molecule has 1 nitrogen and oxygen atoms in total. The maximum absolute atomic E-state index is 3.69. The zero-order valence-corrected chi connectivity index (χ0v) is 11.3. The van der Waals surface area contributed by atoms with Gasteiger partial charge in [0, 0.05) is 0 Å². The summed E-state index contributed by atoms with van der Waals surface area (Å²) in [6.07, 6.45) is 5.83. The second-order valence-electron chi connectivity index (χ2n) is 3.49. The van der Waals surface area contributed by atoms with E-state index in [1.54, 1.807) is 6.08 Å². The molecular formula is C13H13AlNS. The zero-order valence-electron chi connectivity index (χ0n) is 9.22. The van der Waals surface area contributed by atoms with Crippen LogP contribution in [-0.2, 0) is 13.5 Å². The van der Waals surface area contributed by atoms with E-state index in [2.05, 4.69) is 63.9 Å². The van der Waals surface area contributed by atoms with Crippen LogP contribution in [0.25, 0.3) is 17.0 Å². The van der Waals surface area contributed by atoms with Crippen molar-refractivity contribution in [3.05, 3.63) is 54.3 Å². The Bertz CT molecular complexity index is 501. The van der Waals surface area contributed by atoms with E-state index in [9.17, 15) is 0 Å². The molecule has 3 heteroatoms. The Labute approximate surface area is 112 Å². The minimum Gasteiger partial charge on any atom is -0.813 e. The standard InChI is InChI=1S/C13H12N.Al.H2S/c1-3-4-8-12-10(2)11-7-5-6-9-13(11)14-12;;/h3-9H,1H2,2H3;;1H2/q-1;+2;/p-1/b8-4-;;. The summed E-state index contributed by atoms with van der Waals surface area (Å²) in [5.41, 5.74) is 3.75. The Balaban J connectivity index is 0.00000128. The molecule has 0 atom stereocenters. The van der Waals surface area contributed by atoms with Crippen molar-refractivity contribution in [2.24, 2.45) is 0 Å². The van der Waals surface area contributed by atoms with Gasteiger partial charge in [-0.25, -0.2) is 0 Å². The van der Waals surface area contributed by atoms with Crippen molar-refractivity contribution in [3.63, 3.8) is 0 Å². The van der Waals surface area contributed by atoms with Gasteiger partial charge < -0.3 is 13.5 Å². The van der Waals surface area contributed by atoms with E-state index >= 15 is 0 Å². The van der Waals surface area contributed by atoms with Gasteiger partial charge >= 0.3 is 98.2 Å². The minimum atomic E-state index is 0. The maximum atomic E-state index is 3.69. The molecule has 1 aromatic heterocycles. The van der Waals surface area contributed by atoms with Gasteiger partial charge in [-0.15, -0.1) is 0 Å². The van der Waals surface area contributed by atoms with Gasteiger partial charge in [-0.3, -0.25) is 0 Å². The van der Waals surface area contributed by atoms with Crippen molar-refractivity contribution in [1.29, 1.82) is 0 Å². The molecule has 0 bridgehead atoms. The van der Waals surface area contributed by atoms with E-state index in [0.717, 1.165) is 0 Å². The molecule has 1 aromatic carbocycles. The monoisotopic (exact) mass is 242 g/mol. The molecule has 0 unspecified atom stereocenters. The summed E-state index contributed by atoms with van der Waals surface area (Å²) in [5, 5.41) is 1.30. The van der Waals surface area contributed by atoms with Crippen molar-refractivity contribution in [2.75, 3.05) is 0 Å². The fourth-order valence-electron chi connectivity index (χ4n) is 1.81. The first-order valence-electron chi connectivity index (χ1n) is 4.90. The Kier molecular flexibility index (Phi) is 4.49. The van der Waals surface area contributed by atoms with Gasteiger partial charge in [-0.05, 0) is 0 Å². The van der Waals surface area contributed by atoms with Crippen LogP contribution < -0.4 is 0 Å². The van der Waals surface area contributed by atoms with Crippen molar-refractivity contribution in [2.45, 2.75) is 6.92 Å². The molecule has 79 valence electrons. The first-order chi connectivity index (χ1) is 7.25. The number of nitrogens with zero attached hydrogens (tertiary/aromatic N) is 1. The van der Waals surface area contributed by atoms with E-state index in [4.69, 9.17) is 0 Å². The number of fused-ring (bicyclic) bond motifs is 1. The second kappa shape index (κ2) is 5.45. The molecule has 0 aliphatic heterocycles. The number of hydrogen-bond donors (Lipinski definition) is 0. The Morgan fingerprint density at radius 1 is 1.31 bits per heavy atom. The van der Waals surface area contributed by atoms with Crippen LogP contribution >= 0.6 is 0 Å². The SMILES string of the molecule is C=C/C=C\c1c(C)c2ccccc2[n]1[Al+].[SH-]. The second-order valence-corrected chi connectivity index (χ2v) is 4.01. The largest absolute Gasteiger partial charge is 0.813 e. The topological polar surface area (TPSA) is 4.93 Å². The third-order valence-electron chi connectivity index (χ3n) is 2.60. The van der Waals surface area contributed by atoms with E-state index in [0.29, 0.717) is 0 Å². The number of benzene rings is 1. The van der Waals surface area contributed by atoms with E-state index in [1.165, 1.54) is 22.2 Å². The number of hydrogen-bond acceptors (Lipinski definition) is 1. The average molecular weight is 242 g/mol. The molecular weight excluding hydrogens is 229 g/mol. The van der Waals surface area contributed by atoms with E-state index < -0.39 is 0 Å². The van der Waals surface area contributed by atoms with Crippen molar-refractivity contribution >= 4 is 47.0 Å². The fourth-order valence-corrected chi connectivity index (χ4v) is 2.32. The molecule has 2 aromatic rings. The average Bonchev–Trinajstić information content (AvgIpc) is 2.51. The molecule has 1 radical (unpaired) electrons. The molecule has 2 rings (SSSR count). The predicted molar refractivity (Wildman–Crippen MR) is 75.8 cm³/mol. The van der Waals surface area contributed by atoms with Crippen LogP contribution in [0.5, 0.6) is 0 Å². The van der Waals surface area contributed by atoms with Crippen LogP contribution in [0.1, 0.15) is 11.3 Å². The van der Waals surface area contributed by atoms with Gasteiger partial charge in [-0.2, -0.15) is 0 Å². The summed E-state index contributed by atoms with van der Waals surface area (Å²) in [6, 6.07) is 8.40. The smallest absolute Gasteiger partial charge is 0.813 e. The van der Waals surface area contributed by atoms with Gasteiger partial charge in [0.1, 0.15) is 0 Å². The fraction of sp³-hybridized carbons (Fsp3) is 0.0769.